The summed E-state index contributed by atoms with van der Waals surface area (Å²) in [5.74, 6) is 2.65. The molecule has 3 atom stereocenters. The first-order valence-electron chi connectivity index (χ1n) is 6.34. The van der Waals surface area contributed by atoms with E-state index < -0.39 is 0 Å². The molecule has 1 saturated heterocycles. The first kappa shape index (κ1) is 10.8. The Labute approximate surface area is 101 Å². The van der Waals surface area contributed by atoms with Crippen molar-refractivity contribution in [1.29, 1.82) is 0 Å². The predicted molar refractivity (Wildman–Crippen MR) is 63.1 cm³/mol. The number of carbonyl (C=O) groups is 1. The summed E-state index contributed by atoms with van der Waals surface area (Å²) in [6, 6.07) is 3.72. The average molecular weight is 234 g/mol. The number of hydrogen-bond donors (Lipinski definition) is 2. The van der Waals surface area contributed by atoms with Gasteiger partial charge in [-0.25, -0.2) is 0 Å². The van der Waals surface area contributed by atoms with Crippen molar-refractivity contribution in [3.8, 4) is 0 Å². The molecule has 3 rings (SSSR count). The Bertz CT molecular complexity index is 376. The zero-order valence-electron chi connectivity index (χ0n) is 9.82. The molecular weight excluding hydrogens is 216 g/mol. The molecule has 1 aromatic rings. The molecule has 0 aromatic carbocycles. The monoisotopic (exact) mass is 234 g/mol. The third-order valence-electron chi connectivity index (χ3n) is 4.04. The summed E-state index contributed by atoms with van der Waals surface area (Å²) < 4.78 is 5.20. The molecule has 1 aromatic heterocycles. The highest BCUT2D eigenvalue weighted by atomic mass is 16.3. The maximum atomic E-state index is 12.0. The number of amides is 1. The number of carbonyl (C=O) groups excluding carboxylic acids is 1. The lowest BCUT2D eigenvalue weighted by atomic mass is 10.0. The van der Waals surface area contributed by atoms with Gasteiger partial charge >= 0.3 is 0 Å². The van der Waals surface area contributed by atoms with Crippen LogP contribution in [-0.2, 0) is 11.3 Å². The van der Waals surface area contributed by atoms with E-state index in [-0.39, 0.29) is 11.8 Å². The second kappa shape index (κ2) is 4.53. The van der Waals surface area contributed by atoms with Crippen LogP contribution < -0.4 is 10.6 Å². The van der Waals surface area contributed by atoms with Crippen molar-refractivity contribution in [2.24, 2.45) is 17.8 Å². The van der Waals surface area contributed by atoms with Gasteiger partial charge in [-0.15, -0.1) is 0 Å². The smallest absolute Gasteiger partial charge is 0.223 e. The Morgan fingerprint density at radius 3 is 2.82 bits per heavy atom. The lowest BCUT2D eigenvalue weighted by molar-refractivity contribution is -0.125. The van der Waals surface area contributed by atoms with Gasteiger partial charge in [-0.05, 0) is 49.9 Å². The van der Waals surface area contributed by atoms with Crippen LogP contribution in [0.1, 0.15) is 18.6 Å². The molecule has 0 radical (unpaired) electrons. The van der Waals surface area contributed by atoms with E-state index in [0.29, 0.717) is 6.54 Å². The average Bonchev–Trinajstić information content (AvgIpc) is 3.01. The van der Waals surface area contributed by atoms with Gasteiger partial charge in [0.1, 0.15) is 5.76 Å². The molecule has 4 nitrogen and oxygen atoms in total. The van der Waals surface area contributed by atoms with E-state index in [4.69, 9.17) is 4.42 Å². The van der Waals surface area contributed by atoms with E-state index in [1.54, 1.807) is 6.26 Å². The van der Waals surface area contributed by atoms with Gasteiger partial charge in [0.05, 0.1) is 12.8 Å². The van der Waals surface area contributed by atoms with E-state index >= 15 is 0 Å². The molecule has 2 fully saturated rings. The summed E-state index contributed by atoms with van der Waals surface area (Å²) in [6.45, 7) is 2.69. The van der Waals surface area contributed by atoms with Crippen molar-refractivity contribution < 1.29 is 9.21 Å². The van der Waals surface area contributed by atoms with E-state index in [0.717, 1.165) is 43.5 Å². The summed E-state index contributed by atoms with van der Waals surface area (Å²) in [5.41, 5.74) is 0. The topological polar surface area (TPSA) is 54.3 Å². The molecule has 17 heavy (non-hydrogen) atoms. The molecule has 0 bridgehead atoms. The van der Waals surface area contributed by atoms with Gasteiger partial charge in [0, 0.05) is 5.92 Å². The zero-order chi connectivity index (χ0) is 11.7. The van der Waals surface area contributed by atoms with Crippen LogP contribution in [0.15, 0.2) is 22.8 Å². The number of rotatable bonds is 3. The minimum atomic E-state index is 0.191. The van der Waals surface area contributed by atoms with Crippen LogP contribution in [0.3, 0.4) is 0 Å². The van der Waals surface area contributed by atoms with Gasteiger partial charge < -0.3 is 15.1 Å². The van der Waals surface area contributed by atoms with Gasteiger partial charge in [0.2, 0.25) is 5.91 Å². The minimum Gasteiger partial charge on any atom is -0.467 e. The maximum Gasteiger partial charge on any atom is 0.223 e. The van der Waals surface area contributed by atoms with Gasteiger partial charge in [0.15, 0.2) is 0 Å². The lowest BCUT2D eigenvalue weighted by Crippen LogP contribution is -2.30. The molecule has 1 amide bonds. The van der Waals surface area contributed by atoms with E-state index in [2.05, 4.69) is 10.6 Å². The van der Waals surface area contributed by atoms with E-state index in [1.807, 2.05) is 12.1 Å². The summed E-state index contributed by atoms with van der Waals surface area (Å²) in [4.78, 5) is 12.0. The van der Waals surface area contributed by atoms with Crippen molar-refractivity contribution in [3.63, 3.8) is 0 Å². The number of nitrogens with one attached hydrogen (secondary N) is 2. The van der Waals surface area contributed by atoms with Gasteiger partial charge in [0.25, 0.3) is 0 Å². The normalized spacial score (nSPS) is 31.4. The zero-order valence-corrected chi connectivity index (χ0v) is 9.82. The largest absolute Gasteiger partial charge is 0.467 e. The van der Waals surface area contributed by atoms with Gasteiger partial charge in [-0.2, -0.15) is 0 Å². The third-order valence-corrected chi connectivity index (χ3v) is 4.04. The first-order valence-corrected chi connectivity index (χ1v) is 6.34. The van der Waals surface area contributed by atoms with Crippen molar-refractivity contribution in [1.82, 2.24) is 10.6 Å². The highest BCUT2D eigenvalue weighted by molar-refractivity contribution is 5.78. The molecule has 4 heteroatoms. The quantitative estimate of drug-likeness (QED) is 0.824. The SMILES string of the molecule is O=C(NCc1ccco1)C1C[C@H]2CNC[C@H]2C1. The summed E-state index contributed by atoms with van der Waals surface area (Å²) in [7, 11) is 0. The Balaban J connectivity index is 1.50. The second-order valence-corrected chi connectivity index (χ2v) is 5.14. The highest BCUT2D eigenvalue weighted by Gasteiger charge is 2.40. The van der Waals surface area contributed by atoms with E-state index in [9.17, 15) is 4.79 Å². The van der Waals surface area contributed by atoms with Crippen LogP contribution in [0.2, 0.25) is 0 Å². The molecule has 0 spiro atoms. The summed E-state index contributed by atoms with van der Waals surface area (Å²) >= 11 is 0. The fourth-order valence-electron chi connectivity index (χ4n) is 3.11. The molecule has 2 heterocycles. The predicted octanol–water partition coefficient (Wildman–Crippen LogP) is 1.14. The Kier molecular flexibility index (Phi) is 2.89. The fourth-order valence-corrected chi connectivity index (χ4v) is 3.11. The number of fused-ring (bicyclic) bond motifs is 1. The van der Waals surface area contributed by atoms with Gasteiger partial charge in [-0.3, -0.25) is 4.79 Å². The number of furan rings is 1. The molecule has 1 saturated carbocycles. The molecule has 1 aliphatic carbocycles. The third kappa shape index (κ3) is 2.22. The lowest BCUT2D eigenvalue weighted by Gasteiger charge is -2.11. The molecule has 2 aliphatic rings. The molecule has 92 valence electrons. The van der Waals surface area contributed by atoms with Crippen molar-refractivity contribution in [3.05, 3.63) is 24.2 Å². The van der Waals surface area contributed by atoms with Gasteiger partial charge in [-0.1, -0.05) is 0 Å². The molecule has 1 unspecified atom stereocenters. The first-order chi connectivity index (χ1) is 8.33. The van der Waals surface area contributed by atoms with Crippen LogP contribution in [0, 0.1) is 17.8 Å². The Hall–Kier alpha value is -1.29. The van der Waals surface area contributed by atoms with Crippen LogP contribution in [0.5, 0.6) is 0 Å². The standard InChI is InChI=1S/C13H18N2O2/c16-13(15-8-12-2-1-3-17-12)9-4-10-6-14-7-11(10)5-9/h1-3,9-11,14H,4-8H2,(H,15,16)/t9?,10-,11+. The Morgan fingerprint density at radius 2 is 2.18 bits per heavy atom. The van der Waals surface area contributed by atoms with Crippen molar-refractivity contribution in [2.45, 2.75) is 19.4 Å². The summed E-state index contributed by atoms with van der Waals surface area (Å²) in [6.07, 6.45) is 3.72. The van der Waals surface area contributed by atoms with Crippen LogP contribution in [0.4, 0.5) is 0 Å². The van der Waals surface area contributed by atoms with Crippen molar-refractivity contribution in [2.75, 3.05) is 13.1 Å². The molecule has 1 aliphatic heterocycles. The molecular formula is C13H18N2O2. The van der Waals surface area contributed by atoms with Crippen LogP contribution >= 0.6 is 0 Å². The van der Waals surface area contributed by atoms with Crippen LogP contribution in [0.25, 0.3) is 0 Å². The van der Waals surface area contributed by atoms with E-state index in [1.165, 1.54) is 0 Å². The highest BCUT2D eigenvalue weighted by Crippen LogP contribution is 2.38. The fraction of sp³-hybridized carbons (Fsp3) is 0.615. The van der Waals surface area contributed by atoms with Crippen LogP contribution in [-0.4, -0.2) is 19.0 Å². The minimum absolute atomic E-state index is 0.191. The maximum absolute atomic E-state index is 12.0. The van der Waals surface area contributed by atoms with Crippen molar-refractivity contribution >= 4 is 5.91 Å². The number of hydrogen-bond acceptors (Lipinski definition) is 3. The summed E-state index contributed by atoms with van der Waals surface area (Å²) in [5, 5.41) is 6.35. The Morgan fingerprint density at radius 1 is 1.41 bits per heavy atom. The second-order valence-electron chi connectivity index (χ2n) is 5.14. The molecule has 2 N–H and O–H groups in total.